The quantitative estimate of drug-likeness (QED) is 0.592. The standard InChI is InChI=1S/C21H23N3O4S/c1-3-28-16-7-5-15(6-8-16)23-21-24(10-11-27-2)18(13-29-21)14-4-9-19(25)17(12-14)20(22)26/h4-9,12-13,25H,3,10-11H2,1-2H3,(H2,22,26). The van der Waals surface area contributed by atoms with Crippen LogP contribution >= 0.6 is 11.3 Å². The molecule has 3 aromatic rings. The number of carbonyl (C=O) groups excluding carboxylic acids is 1. The number of aromatic nitrogens is 1. The van der Waals surface area contributed by atoms with E-state index in [2.05, 4.69) is 0 Å². The van der Waals surface area contributed by atoms with Crippen LogP contribution in [0.2, 0.25) is 0 Å². The van der Waals surface area contributed by atoms with Crippen LogP contribution in [0.3, 0.4) is 0 Å². The van der Waals surface area contributed by atoms with Gasteiger partial charge in [-0.05, 0) is 49.4 Å². The maximum absolute atomic E-state index is 11.6. The average Bonchev–Trinajstić information content (AvgIpc) is 3.10. The molecule has 3 N–H and O–H groups in total. The van der Waals surface area contributed by atoms with Gasteiger partial charge in [0.15, 0.2) is 4.80 Å². The Morgan fingerprint density at radius 2 is 2.00 bits per heavy atom. The fraction of sp³-hybridized carbons (Fsp3) is 0.238. The first-order valence-corrected chi connectivity index (χ1v) is 9.99. The number of amides is 1. The van der Waals surface area contributed by atoms with Crippen LogP contribution < -0.4 is 15.3 Å². The van der Waals surface area contributed by atoms with Crippen molar-refractivity contribution < 1.29 is 19.4 Å². The lowest BCUT2D eigenvalue weighted by Gasteiger charge is -2.10. The van der Waals surface area contributed by atoms with E-state index in [1.54, 1.807) is 19.2 Å². The Morgan fingerprint density at radius 3 is 2.66 bits per heavy atom. The highest BCUT2D eigenvalue weighted by Gasteiger charge is 2.13. The first kappa shape index (κ1) is 20.6. The highest BCUT2D eigenvalue weighted by molar-refractivity contribution is 7.07. The van der Waals surface area contributed by atoms with Gasteiger partial charge in [0.2, 0.25) is 0 Å². The summed E-state index contributed by atoms with van der Waals surface area (Å²) < 4.78 is 12.7. The largest absolute Gasteiger partial charge is 0.507 e. The molecule has 0 saturated heterocycles. The number of primary amides is 1. The highest BCUT2D eigenvalue weighted by Crippen LogP contribution is 2.27. The van der Waals surface area contributed by atoms with Crippen LogP contribution in [0.25, 0.3) is 11.3 Å². The number of aromatic hydroxyl groups is 1. The number of nitrogens with two attached hydrogens (primary N) is 1. The molecule has 0 radical (unpaired) electrons. The Morgan fingerprint density at radius 1 is 1.24 bits per heavy atom. The number of thiazole rings is 1. The molecule has 2 aromatic carbocycles. The number of phenols is 1. The van der Waals surface area contributed by atoms with E-state index < -0.39 is 5.91 Å². The third kappa shape index (κ3) is 4.85. The van der Waals surface area contributed by atoms with Gasteiger partial charge in [0.05, 0.1) is 30.2 Å². The molecule has 1 amide bonds. The van der Waals surface area contributed by atoms with Gasteiger partial charge in [0.1, 0.15) is 11.5 Å². The molecule has 1 heterocycles. The van der Waals surface area contributed by atoms with Gasteiger partial charge in [-0.2, -0.15) is 0 Å². The van der Waals surface area contributed by atoms with Crippen molar-refractivity contribution in [2.24, 2.45) is 10.7 Å². The minimum atomic E-state index is -0.678. The normalized spacial score (nSPS) is 11.6. The van der Waals surface area contributed by atoms with E-state index in [4.69, 9.17) is 20.2 Å². The van der Waals surface area contributed by atoms with Gasteiger partial charge < -0.3 is 24.9 Å². The summed E-state index contributed by atoms with van der Waals surface area (Å²) in [5.41, 5.74) is 7.87. The lowest BCUT2D eigenvalue weighted by molar-refractivity contribution is 0.0998. The van der Waals surface area contributed by atoms with E-state index in [9.17, 15) is 9.90 Å². The van der Waals surface area contributed by atoms with Crippen LogP contribution in [0.5, 0.6) is 11.5 Å². The lowest BCUT2D eigenvalue weighted by atomic mass is 10.1. The van der Waals surface area contributed by atoms with Gasteiger partial charge in [-0.1, -0.05) is 0 Å². The molecule has 3 rings (SSSR count). The molecule has 0 saturated carbocycles. The first-order chi connectivity index (χ1) is 14.0. The highest BCUT2D eigenvalue weighted by atomic mass is 32.1. The Bertz CT molecular complexity index is 1050. The van der Waals surface area contributed by atoms with E-state index in [0.29, 0.717) is 19.8 Å². The summed E-state index contributed by atoms with van der Waals surface area (Å²) in [6.45, 7) is 3.64. The summed E-state index contributed by atoms with van der Waals surface area (Å²) in [7, 11) is 1.64. The van der Waals surface area contributed by atoms with Crippen molar-refractivity contribution in [2.75, 3.05) is 20.3 Å². The molecule has 29 heavy (non-hydrogen) atoms. The van der Waals surface area contributed by atoms with Gasteiger partial charge in [0.25, 0.3) is 5.91 Å². The molecule has 7 nitrogen and oxygen atoms in total. The van der Waals surface area contributed by atoms with Gasteiger partial charge in [-0.15, -0.1) is 11.3 Å². The zero-order valence-electron chi connectivity index (χ0n) is 16.3. The Balaban J connectivity index is 2.05. The van der Waals surface area contributed by atoms with Crippen molar-refractivity contribution >= 4 is 22.9 Å². The number of methoxy groups -OCH3 is 1. The number of nitrogens with zero attached hydrogens (tertiary/aromatic N) is 2. The minimum absolute atomic E-state index is 0.0805. The molecule has 8 heteroatoms. The van der Waals surface area contributed by atoms with Crippen molar-refractivity contribution in [3.63, 3.8) is 0 Å². The maximum Gasteiger partial charge on any atom is 0.252 e. The van der Waals surface area contributed by atoms with Gasteiger partial charge >= 0.3 is 0 Å². The van der Waals surface area contributed by atoms with E-state index in [-0.39, 0.29) is 11.3 Å². The summed E-state index contributed by atoms with van der Waals surface area (Å²) in [5.74, 6) is -0.0183. The molecule has 0 spiro atoms. The Labute approximate surface area is 172 Å². The molecular weight excluding hydrogens is 390 g/mol. The third-order valence-corrected chi connectivity index (χ3v) is 5.11. The summed E-state index contributed by atoms with van der Waals surface area (Å²) in [6.07, 6.45) is 0. The van der Waals surface area contributed by atoms with Crippen LogP contribution in [-0.2, 0) is 11.3 Å². The Hall–Kier alpha value is -3.10. The SMILES string of the molecule is CCOc1ccc(N=c2scc(-c3ccc(O)c(C(N)=O)c3)n2CCOC)cc1. The summed E-state index contributed by atoms with van der Waals surface area (Å²) in [4.78, 5) is 17.1. The first-order valence-electron chi connectivity index (χ1n) is 9.11. The molecule has 0 unspecified atom stereocenters. The predicted molar refractivity (Wildman–Crippen MR) is 113 cm³/mol. The van der Waals surface area contributed by atoms with Crippen molar-refractivity contribution in [3.8, 4) is 22.8 Å². The lowest BCUT2D eigenvalue weighted by Crippen LogP contribution is -2.18. The Kier molecular flexibility index (Phi) is 6.69. The molecule has 152 valence electrons. The summed E-state index contributed by atoms with van der Waals surface area (Å²) in [5, 5.41) is 11.8. The second-order valence-corrected chi connectivity index (χ2v) is 7.02. The molecule has 0 fully saturated rings. The zero-order chi connectivity index (χ0) is 20.8. The van der Waals surface area contributed by atoms with Crippen LogP contribution in [-0.4, -0.2) is 35.9 Å². The summed E-state index contributed by atoms with van der Waals surface area (Å²) >= 11 is 1.48. The van der Waals surface area contributed by atoms with Crippen molar-refractivity contribution in [1.82, 2.24) is 4.57 Å². The van der Waals surface area contributed by atoms with Crippen LogP contribution in [0.15, 0.2) is 52.8 Å². The second-order valence-electron chi connectivity index (χ2n) is 6.18. The topological polar surface area (TPSA) is 99.1 Å². The second kappa shape index (κ2) is 9.40. The monoisotopic (exact) mass is 413 g/mol. The minimum Gasteiger partial charge on any atom is -0.507 e. The van der Waals surface area contributed by atoms with Gasteiger partial charge in [0, 0.05) is 24.6 Å². The number of hydrogen-bond donors (Lipinski definition) is 2. The van der Waals surface area contributed by atoms with Crippen LogP contribution in [0.4, 0.5) is 5.69 Å². The van der Waals surface area contributed by atoms with E-state index in [0.717, 1.165) is 27.5 Å². The van der Waals surface area contributed by atoms with Crippen molar-refractivity contribution in [1.29, 1.82) is 0 Å². The van der Waals surface area contributed by atoms with E-state index in [1.165, 1.54) is 17.4 Å². The number of rotatable bonds is 8. The number of ether oxygens (including phenoxy) is 2. The fourth-order valence-corrected chi connectivity index (χ4v) is 3.79. The summed E-state index contributed by atoms with van der Waals surface area (Å²) in [6, 6.07) is 12.4. The maximum atomic E-state index is 11.6. The number of hydrogen-bond acceptors (Lipinski definition) is 6. The van der Waals surface area contributed by atoms with Gasteiger partial charge in [-0.25, -0.2) is 4.99 Å². The van der Waals surface area contributed by atoms with Crippen molar-refractivity contribution in [3.05, 3.63) is 58.2 Å². The van der Waals surface area contributed by atoms with Crippen LogP contribution in [0, 0.1) is 0 Å². The predicted octanol–water partition coefficient (Wildman–Crippen LogP) is 3.30. The molecule has 0 bridgehead atoms. The molecule has 0 aliphatic rings. The molecular formula is C21H23N3O4S. The third-order valence-electron chi connectivity index (χ3n) is 4.25. The smallest absolute Gasteiger partial charge is 0.252 e. The van der Waals surface area contributed by atoms with E-state index in [1.807, 2.05) is 41.1 Å². The number of carbonyl (C=O) groups is 1. The molecule has 1 aromatic heterocycles. The van der Waals surface area contributed by atoms with E-state index >= 15 is 0 Å². The molecule has 0 aliphatic heterocycles. The van der Waals surface area contributed by atoms with Crippen molar-refractivity contribution in [2.45, 2.75) is 13.5 Å². The number of benzene rings is 2. The fourth-order valence-electron chi connectivity index (χ4n) is 2.83. The van der Waals surface area contributed by atoms with Crippen LogP contribution in [0.1, 0.15) is 17.3 Å². The zero-order valence-corrected chi connectivity index (χ0v) is 17.1. The molecule has 0 aliphatic carbocycles. The average molecular weight is 413 g/mol. The molecule has 0 atom stereocenters. The van der Waals surface area contributed by atoms with Gasteiger partial charge in [-0.3, -0.25) is 4.79 Å².